The Morgan fingerprint density at radius 2 is 1.64 bits per heavy atom. The average molecular weight is 666 g/mol. The Hall–Kier alpha value is -2.76. The van der Waals surface area contributed by atoms with Crippen LogP contribution in [0.5, 0.6) is 0 Å². The molecule has 0 aliphatic carbocycles. The molecular weight excluding hydrogens is 618 g/mol. The van der Waals surface area contributed by atoms with Crippen molar-refractivity contribution in [1.29, 1.82) is 0 Å². The van der Waals surface area contributed by atoms with Crippen molar-refractivity contribution in [2.75, 3.05) is 0 Å². The van der Waals surface area contributed by atoms with E-state index >= 15 is 0 Å². The SMILES string of the molecule is C[C@@H]1C/C=C/C=C/C=C/C=C/[C@H](O[C@@H]2O[C@H](C)[C@H](O)[C@H](N)[C@@H]2O)C[C@H]2O[C@@](O)(C[C@H](O)C[C@@H]3O[C@H]3/C=C/C(=O)O1)C[C@H](O)[C@@H]2C(=O)O. The fourth-order valence-electron chi connectivity index (χ4n) is 6.00. The zero-order valence-corrected chi connectivity index (χ0v) is 26.4. The van der Waals surface area contributed by atoms with Gasteiger partial charge in [0.2, 0.25) is 0 Å². The van der Waals surface area contributed by atoms with Crippen molar-refractivity contribution in [3.05, 3.63) is 60.8 Å². The van der Waals surface area contributed by atoms with E-state index in [2.05, 4.69) is 0 Å². The van der Waals surface area contributed by atoms with Crippen LogP contribution < -0.4 is 5.73 Å². The van der Waals surface area contributed by atoms with Crippen LogP contribution in [0, 0.1) is 5.92 Å². The fourth-order valence-corrected chi connectivity index (χ4v) is 6.00. The highest BCUT2D eigenvalue weighted by atomic mass is 16.7. The van der Waals surface area contributed by atoms with Gasteiger partial charge in [-0.3, -0.25) is 4.79 Å². The lowest BCUT2D eigenvalue weighted by Crippen LogP contribution is -2.61. The third kappa shape index (κ3) is 10.6. The summed E-state index contributed by atoms with van der Waals surface area (Å²) in [5.74, 6) is -5.45. The molecule has 14 heteroatoms. The molecule has 0 aromatic carbocycles. The largest absolute Gasteiger partial charge is 0.481 e. The van der Waals surface area contributed by atoms with Crippen molar-refractivity contribution in [2.45, 2.75) is 125 Å². The Labute approximate surface area is 273 Å². The lowest BCUT2D eigenvalue weighted by Gasteiger charge is -2.45. The number of esters is 1. The summed E-state index contributed by atoms with van der Waals surface area (Å²) in [6, 6.07) is -1.08. The zero-order chi connectivity index (χ0) is 34.3. The number of hydrogen-bond acceptors (Lipinski definition) is 13. The van der Waals surface area contributed by atoms with Gasteiger partial charge in [0.05, 0.1) is 48.8 Å². The number of aliphatic carboxylic acids is 1. The molecule has 47 heavy (non-hydrogen) atoms. The summed E-state index contributed by atoms with van der Waals surface area (Å²) in [6.07, 6.45) is 5.25. The van der Waals surface area contributed by atoms with E-state index in [1.54, 1.807) is 56.4 Å². The van der Waals surface area contributed by atoms with E-state index in [9.17, 15) is 40.2 Å². The molecule has 4 aliphatic heterocycles. The van der Waals surface area contributed by atoms with Crippen LogP contribution in [0.3, 0.4) is 0 Å². The molecule has 0 radical (unpaired) electrons. The van der Waals surface area contributed by atoms with Gasteiger partial charge in [0.25, 0.3) is 0 Å². The van der Waals surface area contributed by atoms with Gasteiger partial charge >= 0.3 is 11.9 Å². The minimum Gasteiger partial charge on any atom is -0.481 e. The van der Waals surface area contributed by atoms with E-state index < -0.39 is 97.3 Å². The Morgan fingerprint density at radius 3 is 2.36 bits per heavy atom. The summed E-state index contributed by atoms with van der Waals surface area (Å²) in [5, 5.41) is 63.9. The highest BCUT2D eigenvalue weighted by Gasteiger charge is 2.51. The van der Waals surface area contributed by atoms with Crippen molar-refractivity contribution in [2.24, 2.45) is 11.7 Å². The van der Waals surface area contributed by atoms with Gasteiger partial charge in [-0.25, -0.2) is 4.79 Å². The molecule has 4 aliphatic rings. The molecule has 262 valence electrons. The number of aliphatic hydroxyl groups is 5. The van der Waals surface area contributed by atoms with Crippen LogP contribution in [0.2, 0.25) is 0 Å². The van der Waals surface area contributed by atoms with Crippen molar-refractivity contribution >= 4 is 11.9 Å². The Kier molecular flexibility index (Phi) is 13.1. The molecule has 4 heterocycles. The summed E-state index contributed by atoms with van der Waals surface area (Å²) in [7, 11) is 0. The number of carbonyl (C=O) groups is 2. The first-order valence-corrected chi connectivity index (χ1v) is 15.9. The third-order valence-corrected chi connectivity index (χ3v) is 8.58. The number of hydrogen-bond donors (Lipinski definition) is 7. The first-order chi connectivity index (χ1) is 22.3. The number of carbonyl (C=O) groups excluding carboxylic acids is 1. The lowest BCUT2D eigenvalue weighted by molar-refractivity contribution is -0.308. The average Bonchev–Trinajstić information content (AvgIpc) is 3.72. The normalized spacial score (nSPS) is 47.2. The molecule has 0 saturated carbocycles. The highest BCUT2D eigenvalue weighted by molar-refractivity contribution is 5.82. The standard InChI is InChI=1S/C33H47NO13/c1-18-10-8-6-4-3-5-7-9-11-21(45-32-30(39)28(34)29(38)19(2)44-32)15-25-27(31(40)41)22(36)17-33(42,47-25)16-20(35)14-24-23(46-24)12-13-26(37)43-18/h3-9,11-13,18-25,27-30,32,35-36,38-39,42H,10,14-17,34H2,1-2H3,(H,40,41)/b4-3+,7-5+,8-6+,11-9+,13-12+/t18-,19-,20-,21+,22+,23+,24+,25-,27+,28+,29+,30+,32+,33+/m1/s1. The lowest BCUT2D eigenvalue weighted by atomic mass is 9.83. The van der Waals surface area contributed by atoms with Gasteiger partial charge in [0.1, 0.15) is 24.2 Å². The van der Waals surface area contributed by atoms with Crippen LogP contribution in [-0.2, 0) is 33.3 Å². The molecule has 3 saturated heterocycles. The van der Waals surface area contributed by atoms with Crippen LogP contribution in [-0.4, -0.2) is 122 Å². The molecule has 3 fully saturated rings. The van der Waals surface area contributed by atoms with Gasteiger partial charge in [0.15, 0.2) is 12.1 Å². The quantitative estimate of drug-likeness (QED) is 0.157. The summed E-state index contributed by atoms with van der Waals surface area (Å²) in [6.45, 7) is 3.34. The van der Waals surface area contributed by atoms with Gasteiger partial charge < -0.3 is 60.1 Å². The van der Waals surface area contributed by atoms with Crippen molar-refractivity contribution in [3.63, 3.8) is 0 Å². The zero-order valence-electron chi connectivity index (χ0n) is 26.4. The Bertz CT molecular complexity index is 1220. The summed E-state index contributed by atoms with van der Waals surface area (Å²) in [5.41, 5.74) is 5.98. The molecule has 8 N–H and O–H groups in total. The topological polar surface area (TPSA) is 231 Å². The molecule has 0 aromatic heterocycles. The van der Waals surface area contributed by atoms with E-state index in [0.717, 1.165) is 0 Å². The number of carboxylic acids is 1. The second kappa shape index (κ2) is 16.6. The predicted octanol–water partition coefficient (Wildman–Crippen LogP) is 0.120. The second-order valence-corrected chi connectivity index (χ2v) is 12.6. The smallest absolute Gasteiger partial charge is 0.330 e. The first-order valence-electron chi connectivity index (χ1n) is 15.9. The number of allylic oxidation sites excluding steroid dienone is 6. The minimum atomic E-state index is -2.10. The van der Waals surface area contributed by atoms with E-state index in [1.165, 1.54) is 12.2 Å². The molecule has 14 nitrogen and oxygen atoms in total. The number of aliphatic hydroxyl groups excluding tert-OH is 4. The summed E-state index contributed by atoms with van der Waals surface area (Å²) in [4.78, 5) is 24.4. The molecular formula is C33H47NO13. The Balaban J connectivity index is 1.58. The monoisotopic (exact) mass is 665 g/mol. The van der Waals surface area contributed by atoms with Crippen molar-refractivity contribution in [1.82, 2.24) is 0 Å². The molecule has 2 bridgehead atoms. The van der Waals surface area contributed by atoms with Gasteiger partial charge in [-0.1, -0.05) is 48.6 Å². The summed E-state index contributed by atoms with van der Waals surface area (Å²) >= 11 is 0. The molecule has 0 spiro atoms. The maximum absolute atomic E-state index is 12.3. The van der Waals surface area contributed by atoms with Crippen molar-refractivity contribution < 1.29 is 63.9 Å². The molecule has 0 amide bonds. The first kappa shape index (κ1) is 37.1. The minimum absolute atomic E-state index is 0.0789. The number of nitrogens with two attached hydrogens (primary N) is 1. The number of cyclic esters (lactones) is 1. The van der Waals surface area contributed by atoms with Gasteiger partial charge in [-0.05, 0) is 19.9 Å². The van der Waals surface area contributed by atoms with Gasteiger partial charge in [-0.15, -0.1) is 0 Å². The molecule has 14 atom stereocenters. The van der Waals surface area contributed by atoms with E-state index in [1.807, 2.05) is 6.08 Å². The number of fused-ring (bicyclic) bond motifs is 3. The van der Waals surface area contributed by atoms with Gasteiger partial charge in [0, 0.05) is 38.2 Å². The predicted molar refractivity (Wildman–Crippen MR) is 165 cm³/mol. The van der Waals surface area contributed by atoms with Crippen molar-refractivity contribution in [3.8, 4) is 0 Å². The molecule has 4 rings (SSSR count). The van der Waals surface area contributed by atoms with E-state index in [4.69, 9.17) is 29.4 Å². The van der Waals surface area contributed by atoms with Crippen LogP contribution in [0.1, 0.15) is 46.0 Å². The van der Waals surface area contributed by atoms with Crippen LogP contribution in [0.15, 0.2) is 60.8 Å². The molecule has 0 aromatic rings. The Morgan fingerprint density at radius 1 is 0.936 bits per heavy atom. The maximum Gasteiger partial charge on any atom is 0.330 e. The highest BCUT2D eigenvalue weighted by Crippen LogP contribution is 2.39. The number of carboxylic acid groups (broad SMARTS) is 1. The maximum atomic E-state index is 12.3. The van der Waals surface area contributed by atoms with Crippen LogP contribution >= 0.6 is 0 Å². The third-order valence-electron chi connectivity index (χ3n) is 8.58. The van der Waals surface area contributed by atoms with Crippen LogP contribution in [0.25, 0.3) is 0 Å². The number of ether oxygens (including phenoxy) is 5. The molecule has 0 unspecified atom stereocenters. The second-order valence-electron chi connectivity index (χ2n) is 12.6. The van der Waals surface area contributed by atoms with E-state index in [0.29, 0.717) is 6.42 Å². The van der Waals surface area contributed by atoms with Crippen LogP contribution in [0.4, 0.5) is 0 Å². The summed E-state index contributed by atoms with van der Waals surface area (Å²) < 4.78 is 28.5. The fraction of sp³-hybridized carbons (Fsp3) is 0.636. The van der Waals surface area contributed by atoms with E-state index in [-0.39, 0.29) is 25.4 Å². The van der Waals surface area contributed by atoms with Gasteiger partial charge in [-0.2, -0.15) is 0 Å². The number of epoxide rings is 1. The number of rotatable bonds is 3.